The zero-order valence-electron chi connectivity index (χ0n) is 8.04. The summed E-state index contributed by atoms with van der Waals surface area (Å²) in [6.07, 6.45) is -1.26. The average molecular weight is 277 g/mol. The number of benzene rings is 1. The van der Waals surface area contributed by atoms with E-state index in [2.05, 4.69) is 20.7 Å². The molecule has 1 aromatic rings. The lowest BCUT2D eigenvalue weighted by Gasteiger charge is -2.11. The molecule has 0 aliphatic rings. The van der Waals surface area contributed by atoms with Crippen LogP contribution in [0.4, 0.5) is 4.39 Å². The fourth-order valence-electron chi connectivity index (χ4n) is 1.13. The minimum atomic E-state index is -1.07. The van der Waals surface area contributed by atoms with Crippen molar-refractivity contribution in [3.63, 3.8) is 0 Å². The van der Waals surface area contributed by atoms with E-state index in [0.29, 0.717) is 5.56 Å². The average Bonchev–Trinajstić information content (AvgIpc) is 2.21. The van der Waals surface area contributed by atoms with Gasteiger partial charge < -0.3 is 9.84 Å². The van der Waals surface area contributed by atoms with Crippen molar-refractivity contribution >= 4 is 21.9 Å². The molecule has 0 bridgehead atoms. The monoisotopic (exact) mass is 276 g/mol. The molecule has 0 spiro atoms. The van der Waals surface area contributed by atoms with Crippen molar-refractivity contribution in [1.82, 2.24) is 0 Å². The van der Waals surface area contributed by atoms with Gasteiger partial charge in [-0.15, -0.1) is 0 Å². The second kappa shape index (κ2) is 5.23. The van der Waals surface area contributed by atoms with Crippen LogP contribution in [0.3, 0.4) is 0 Å². The lowest BCUT2D eigenvalue weighted by molar-refractivity contribution is -0.142. The van der Waals surface area contributed by atoms with Crippen LogP contribution in [0.2, 0.25) is 0 Å². The van der Waals surface area contributed by atoms with Gasteiger partial charge in [0.25, 0.3) is 0 Å². The minimum Gasteiger partial charge on any atom is -0.469 e. The van der Waals surface area contributed by atoms with Gasteiger partial charge in [-0.25, -0.2) is 4.39 Å². The molecular formula is C10H10BrFO3. The third kappa shape index (κ3) is 3.00. The van der Waals surface area contributed by atoms with E-state index in [-0.39, 0.29) is 10.9 Å². The molecule has 0 aliphatic heterocycles. The summed E-state index contributed by atoms with van der Waals surface area (Å²) in [7, 11) is 1.23. The lowest BCUT2D eigenvalue weighted by atomic mass is 10.1. The number of methoxy groups -OCH3 is 1. The fraction of sp³-hybridized carbons (Fsp3) is 0.300. The van der Waals surface area contributed by atoms with Crippen molar-refractivity contribution in [3.05, 3.63) is 34.1 Å². The molecule has 1 aromatic carbocycles. The first-order chi connectivity index (χ1) is 7.06. The Balaban J connectivity index is 2.86. The SMILES string of the molecule is COC(=O)C[C@@H](O)c1cccc(F)c1Br. The molecule has 0 saturated heterocycles. The normalized spacial score (nSPS) is 12.3. The second-order valence-corrected chi connectivity index (χ2v) is 3.73. The van der Waals surface area contributed by atoms with Crippen molar-refractivity contribution in [2.75, 3.05) is 7.11 Å². The molecule has 0 radical (unpaired) electrons. The number of aliphatic hydroxyl groups excluding tert-OH is 1. The van der Waals surface area contributed by atoms with Crippen LogP contribution in [0.15, 0.2) is 22.7 Å². The zero-order valence-corrected chi connectivity index (χ0v) is 9.62. The first-order valence-corrected chi connectivity index (χ1v) is 5.04. The summed E-state index contributed by atoms with van der Waals surface area (Å²) in [6, 6.07) is 4.27. The summed E-state index contributed by atoms with van der Waals surface area (Å²) in [5, 5.41) is 9.63. The standard InChI is InChI=1S/C10H10BrFO3/c1-15-9(14)5-8(13)6-3-2-4-7(12)10(6)11/h2-4,8,13H,5H2,1H3/t8-/m1/s1. The highest BCUT2D eigenvalue weighted by atomic mass is 79.9. The Morgan fingerprint density at radius 2 is 2.33 bits per heavy atom. The van der Waals surface area contributed by atoms with Gasteiger partial charge in [-0.3, -0.25) is 4.79 Å². The summed E-state index contributed by atoms with van der Waals surface area (Å²) in [5.41, 5.74) is 0.334. The maximum atomic E-state index is 13.1. The molecular weight excluding hydrogens is 267 g/mol. The maximum Gasteiger partial charge on any atom is 0.308 e. The number of halogens is 2. The minimum absolute atomic E-state index is 0.168. The number of carbonyl (C=O) groups is 1. The highest BCUT2D eigenvalue weighted by Crippen LogP contribution is 2.27. The molecule has 82 valence electrons. The van der Waals surface area contributed by atoms with Crippen LogP contribution in [0, 0.1) is 5.82 Å². The molecule has 0 fully saturated rings. The quantitative estimate of drug-likeness (QED) is 0.861. The highest BCUT2D eigenvalue weighted by Gasteiger charge is 2.17. The van der Waals surface area contributed by atoms with Gasteiger partial charge >= 0.3 is 5.97 Å². The highest BCUT2D eigenvalue weighted by molar-refractivity contribution is 9.10. The Hall–Kier alpha value is -0.940. The van der Waals surface area contributed by atoms with Crippen LogP contribution in [0.5, 0.6) is 0 Å². The molecule has 1 rings (SSSR count). The second-order valence-electron chi connectivity index (χ2n) is 2.94. The van der Waals surface area contributed by atoms with E-state index in [4.69, 9.17) is 0 Å². The van der Waals surface area contributed by atoms with E-state index in [1.54, 1.807) is 6.07 Å². The van der Waals surface area contributed by atoms with Crippen molar-refractivity contribution in [3.8, 4) is 0 Å². The van der Waals surface area contributed by atoms with Crippen molar-refractivity contribution in [1.29, 1.82) is 0 Å². The number of rotatable bonds is 3. The molecule has 3 nitrogen and oxygen atoms in total. The van der Waals surface area contributed by atoms with E-state index < -0.39 is 17.9 Å². The number of hydrogen-bond acceptors (Lipinski definition) is 3. The van der Waals surface area contributed by atoms with Gasteiger partial charge in [0.1, 0.15) is 5.82 Å². The van der Waals surface area contributed by atoms with E-state index >= 15 is 0 Å². The molecule has 0 aromatic heterocycles. The van der Waals surface area contributed by atoms with Crippen LogP contribution in [0.1, 0.15) is 18.1 Å². The van der Waals surface area contributed by atoms with Gasteiger partial charge in [0.05, 0.1) is 24.1 Å². The first-order valence-electron chi connectivity index (χ1n) is 4.25. The summed E-state index contributed by atoms with van der Waals surface area (Å²) < 4.78 is 17.7. The van der Waals surface area contributed by atoms with Crippen molar-refractivity contribution in [2.24, 2.45) is 0 Å². The molecule has 15 heavy (non-hydrogen) atoms. The molecule has 0 amide bonds. The Bertz CT molecular complexity index is 368. The fourth-order valence-corrected chi connectivity index (χ4v) is 1.66. The largest absolute Gasteiger partial charge is 0.469 e. The van der Waals surface area contributed by atoms with Gasteiger partial charge in [-0.05, 0) is 27.6 Å². The molecule has 1 atom stereocenters. The number of carbonyl (C=O) groups excluding carboxylic acids is 1. The number of ether oxygens (including phenoxy) is 1. The molecule has 0 unspecified atom stereocenters. The smallest absolute Gasteiger partial charge is 0.308 e. The van der Waals surface area contributed by atoms with Gasteiger partial charge in [0.2, 0.25) is 0 Å². The van der Waals surface area contributed by atoms with Crippen LogP contribution >= 0.6 is 15.9 Å². The van der Waals surface area contributed by atoms with Crippen molar-refractivity contribution < 1.29 is 19.0 Å². The van der Waals surface area contributed by atoms with Crippen molar-refractivity contribution in [2.45, 2.75) is 12.5 Å². The van der Waals surface area contributed by atoms with E-state index in [9.17, 15) is 14.3 Å². The maximum absolute atomic E-state index is 13.1. The van der Waals surface area contributed by atoms with Crippen LogP contribution in [0.25, 0.3) is 0 Å². The zero-order chi connectivity index (χ0) is 11.4. The van der Waals surface area contributed by atoms with Crippen LogP contribution in [-0.4, -0.2) is 18.2 Å². The summed E-state index contributed by atoms with van der Waals surface area (Å²) in [5.74, 6) is -1.02. The van der Waals surface area contributed by atoms with E-state index in [1.807, 2.05) is 0 Å². The third-order valence-corrected chi connectivity index (χ3v) is 2.76. The third-order valence-electron chi connectivity index (χ3n) is 1.93. The Kier molecular flexibility index (Phi) is 4.23. The van der Waals surface area contributed by atoms with E-state index in [0.717, 1.165) is 0 Å². The van der Waals surface area contributed by atoms with Gasteiger partial charge in [-0.2, -0.15) is 0 Å². The molecule has 0 aliphatic carbocycles. The number of hydrogen-bond donors (Lipinski definition) is 1. The predicted molar refractivity (Wildman–Crippen MR) is 55.7 cm³/mol. The van der Waals surface area contributed by atoms with Gasteiger partial charge in [0, 0.05) is 0 Å². The van der Waals surface area contributed by atoms with Gasteiger partial charge in [0.15, 0.2) is 0 Å². The predicted octanol–water partition coefficient (Wildman–Crippen LogP) is 2.18. The number of aliphatic hydroxyl groups is 1. The molecule has 1 N–H and O–H groups in total. The molecule has 5 heteroatoms. The summed E-state index contributed by atoms with van der Waals surface area (Å²) in [6.45, 7) is 0. The Labute approximate surface area is 95.0 Å². The Morgan fingerprint density at radius 3 is 2.93 bits per heavy atom. The molecule has 0 saturated carbocycles. The topological polar surface area (TPSA) is 46.5 Å². The lowest BCUT2D eigenvalue weighted by Crippen LogP contribution is -2.08. The van der Waals surface area contributed by atoms with E-state index in [1.165, 1.54) is 19.2 Å². The molecule has 0 heterocycles. The Morgan fingerprint density at radius 1 is 1.67 bits per heavy atom. The first kappa shape index (κ1) is 12.1. The van der Waals surface area contributed by atoms with Gasteiger partial charge in [-0.1, -0.05) is 12.1 Å². The van der Waals surface area contributed by atoms with Crippen LogP contribution in [-0.2, 0) is 9.53 Å². The van der Waals surface area contributed by atoms with Crippen LogP contribution < -0.4 is 0 Å². The summed E-state index contributed by atoms with van der Waals surface area (Å²) >= 11 is 3.01. The number of esters is 1. The summed E-state index contributed by atoms with van der Waals surface area (Å²) in [4.78, 5) is 10.9.